The SMILES string of the molecule is CC(C)(CNC(=O)N1CCOCC1)N1CCCCC1. The van der Waals surface area contributed by atoms with Gasteiger partial charge in [0.05, 0.1) is 13.2 Å². The number of rotatable bonds is 3. The number of piperidine rings is 1. The van der Waals surface area contributed by atoms with Crippen molar-refractivity contribution in [2.24, 2.45) is 0 Å². The molecule has 0 aliphatic carbocycles. The van der Waals surface area contributed by atoms with Gasteiger partial charge in [-0.2, -0.15) is 0 Å². The minimum atomic E-state index is 0.0440. The summed E-state index contributed by atoms with van der Waals surface area (Å²) in [4.78, 5) is 16.4. The lowest BCUT2D eigenvalue weighted by Crippen LogP contribution is -2.55. The first kappa shape index (κ1) is 14.6. The predicted molar refractivity (Wildman–Crippen MR) is 75.3 cm³/mol. The second kappa shape index (κ2) is 6.57. The maximum atomic E-state index is 12.1. The minimum Gasteiger partial charge on any atom is -0.378 e. The van der Waals surface area contributed by atoms with Crippen LogP contribution in [0.3, 0.4) is 0 Å². The van der Waals surface area contributed by atoms with Crippen molar-refractivity contribution < 1.29 is 9.53 Å². The second-order valence-electron chi connectivity index (χ2n) is 6.12. The fourth-order valence-electron chi connectivity index (χ4n) is 2.78. The Balaban J connectivity index is 1.77. The van der Waals surface area contributed by atoms with Gasteiger partial charge in [0, 0.05) is 25.2 Å². The van der Waals surface area contributed by atoms with Crippen LogP contribution in [-0.2, 0) is 4.74 Å². The molecule has 2 aliphatic rings. The number of carbonyl (C=O) groups excluding carboxylic acids is 1. The molecule has 0 atom stereocenters. The molecule has 2 fully saturated rings. The average molecular weight is 269 g/mol. The van der Waals surface area contributed by atoms with Crippen molar-refractivity contribution in [3.8, 4) is 0 Å². The van der Waals surface area contributed by atoms with E-state index >= 15 is 0 Å². The Kier molecular flexibility index (Phi) is 5.05. The van der Waals surface area contributed by atoms with Crippen molar-refractivity contribution >= 4 is 6.03 Å². The van der Waals surface area contributed by atoms with E-state index in [1.54, 1.807) is 0 Å². The van der Waals surface area contributed by atoms with E-state index in [2.05, 4.69) is 24.1 Å². The Bertz CT molecular complexity index is 295. The fourth-order valence-corrected chi connectivity index (χ4v) is 2.78. The van der Waals surface area contributed by atoms with Crippen molar-refractivity contribution in [3.05, 3.63) is 0 Å². The average Bonchev–Trinajstić information content (AvgIpc) is 2.47. The lowest BCUT2D eigenvalue weighted by molar-refractivity contribution is 0.0504. The molecule has 0 radical (unpaired) electrons. The highest BCUT2D eigenvalue weighted by Crippen LogP contribution is 2.19. The first-order valence-electron chi connectivity index (χ1n) is 7.45. The maximum Gasteiger partial charge on any atom is 0.317 e. The standard InChI is InChI=1S/C14H27N3O2/c1-14(2,17-6-4-3-5-7-17)12-15-13(18)16-8-10-19-11-9-16/h3-12H2,1-2H3,(H,15,18). The van der Waals surface area contributed by atoms with Crippen LogP contribution in [0.2, 0.25) is 0 Å². The third-order valence-corrected chi connectivity index (χ3v) is 4.18. The lowest BCUT2D eigenvalue weighted by Gasteiger charge is -2.41. The molecule has 1 N–H and O–H groups in total. The normalized spacial score (nSPS) is 22.3. The molecule has 0 aromatic carbocycles. The number of hydrogen-bond acceptors (Lipinski definition) is 3. The number of nitrogens with zero attached hydrogens (tertiary/aromatic N) is 2. The summed E-state index contributed by atoms with van der Waals surface area (Å²) in [7, 11) is 0. The molecule has 0 unspecified atom stereocenters. The van der Waals surface area contributed by atoms with E-state index in [0.717, 1.165) is 13.1 Å². The Labute approximate surface area is 116 Å². The van der Waals surface area contributed by atoms with Gasteiger partial charge in [-0.3, -0.25) is 4.90 Å². The van der Waals surface area contributed by atoms with Gasteiger partial charge in [-0.1, -0.05) is 6.42 Å². The molecular weight excluding hydrogens is 242 g/mol. The summed E-state index contributed by atoms with van der Waals surface area (Å²) in [6.45, 7) is 10.2. The molecule has 0 aromatic heterocycles. The summed E-state index contributed by atoms with van der Waals surface area (Å²) in [5.74, 6) is 0. The van der Waals surface area contributed by atoms with Crippen molar-refractivity contribution in [2.75, 3.05) is 45.9 Å². The lowest BCUT2D eigenvalue weighted by atomic mass is 9.98. The number of ether oxygens (including phenoxy) is 1. The second-order valence-corrected chi connectivity index (χ2v) is 6.12. The molecular formula is C14H27N3O2. The quantitative estimate of drug-likeness (QED) is 0.840. The summed E-state index contributed by atoms with van der Waals surface area (Å²) in [5.41, 5.74) is 0.0440. The number of hydrogen-bond donors (Lipinski definition) is 1. The van der Waals surface area contributed by atoms with E-state index in [-0.39, 0.29) is 11.6 Å². The molecule has 2 heterocycles. The number of likely N-dealkylation sites (tertiary alicyclic amines) is 1. The van der Waals surface area contributed by atoms with E-state index < -0.39 is 0 Å². The fraction of sp³-hybridized carbons (Fsp3) is 0.929. The molecule has 5 nitrogen and oxygen atoms in total. The topological polar surface area (TPSA) is 44.8 Å². The Morgan fingerprint density at radius 1 is 1.11 bits per heavy atom. The first-order valence-corrected chi connectivity index (χ1v) is 7.45. The van der Waals surface area contributed by atoms with Crippen LogP contribution in [0.15, 0.2) is 0 Å². The van der Waals surface area contributed by atoms with Crippen LogP contribution < -0.4 is 5.32 Å². The van der Waals surface area contributed by atoms with Gasteiger partial charge in [-0.25, -0.2) is 4.79 Å². The van der Waals surface area contributed by atoms with Crippen LogP contribution in [0.25, 0.3) is 0 Å². The third-order valence-electron chi connectivity index (χ3n) is 4.18. The van der Waals surface area contributed by atoms with E-state index in [9.17, 15) is 4.79 Å². The highest BCUT2D eigenvalue weighted by molar-refractivity contribution is 5.74. The predicted octanol–water partition coefficient (Wildman–Crippen LogP) is 1.29. The maximum absolute atomic E-state index is 12.1. The van der Waals surface area contributed by atoms with Gasteiger partial charge in [0.1, 0.15) is 0 Å². The molecule has 19 heavy (non-hydrogen) atoms. The monoisotopic (exact) mass is 269 g/mol. The minimum absolute atomic E-state index is 0.0440. The van der Waals surface area contributed by atoms with Gasteiger partial charge in [-0.05, 0) is 39.8 Å². The zero-order valence-electron chi connectivity index (χ0n) is 12.3. The molecule has 0 saturated carbocycles. The molecule has 2 saturated heterocycles. The summed E-state index contributed by atoms with van der Waals surface area (Å²) in [5, 5.41) is 3.08. The number of morpholine rings is 1. The summed E-state index contributed by atoms with van der Waals surface area (Å²) < 4.78 is 5.26. The van der Waals surface area contributed by atoms with Gasteiger partial charge < -0.3 is 15.0 Å². The van der Waals surface area contributed by atoms with Crippen LogP contribution >= 0.6 is 0 Å². The smallest absolute Gasteiger partial charge is 0.317 e. The van der Waals surface area contributed by atoms with Crippen molar-refractivity contribution in [1.82, 2.24) is 15.1 Å². The van der Waals surface area contributed by atoms with E-state index in [1.807, 2.05) is 4.90 Å². The molecule has 2 amide bonds. The highest BCUT2D eigenvalue weighted by Gasteiger charge is 2.29. The molecule has 0 aromatic rings. The Morgan fingerprint density at radius 3 is 2.37 bits per heavy atom. The number of amides is 2. The molecule has 0 spiro atoms. The van der Waals surface area contributed by atoms with Crippen LogP contribution in [0.5, 0.6) is 0 Å². The number of carbonyl (C=O) groups is 1. The molecule has 0 bridgehead atoms. The van der Waals surface area contributed by atoms with Gasteiger partial charge in [0.2, 0.25) is 0 Å². The summed E-state index contributed by atoms with van der Waals surface area (Å²) >= 11 is 0. The van der Waals surface area contributed by atoms with Crippen LogP contribution in [0.1, 0.15) is 33.1 Å². The molecule has 5 heteroatoms. The van der Waals surface area contributed by atoms with Gasteiger partial charge in [-0.15, -0.1) is 0 Å². The summed E-state index contributed by atoms with van der Waals surface area (Å²) in [6.07, 6.45) is 3.90. The molecule has 2 aliphatic heterocycles. The zero-order valence-corrected chi connectivity index (χ0v) is 12.3. The number of nitrogens with one attached hydrogen (secondary N) is 1. The highest BCUT2D eigenvalue weighted by atomic mass is 16.5. The van der Waals surface area contributed by atoms with Crippen molar-refractivity contribution in [3.63, 3.8) is 0 Å². The largest absolute Gasteiger partial charge is 0.378 e. The molecule has 2 rings (SSSR count). The van der Waals surface area contributed by atoms with Crippen LogP contribution in [0.4, 0.5) is 4.79 Å². The zero-order chi connectivity index (χ0) is 13.7. The Hall–Kier alpha value is -0.810. The first-order chi connectivity index (χ1) is 9.09. The van der Waals surface area contributed by atoms with Gasteiger partial charge in [0.25, 0.3) is 0 Å². The third kappa shape index (κ3) is 4.08. The van der Waals surface area contributed by atoms with Crippen molar-refractivity contribution in [2.45, 2.75) is 38.6 Å². The van der Waals surface area contributed by atoms with Gasteiger partial charge >= 0.3 is 6.03 Å². The van der Waals surface area contributed by atoms with E-state index in [1.165, 1.54) is 19.3 Å². The van der Waals surface area contributed by atoms with Gasteiger partial charge in [0.15, 0.2) is 0 Å². The number of urea groups is 1. The van der Waals surface area contributed by atoms with Crippen LogP contribution in [0, 0.1) is 0 Å². The molecule has 110 valence electrons. The van der Waals surface area contributed by atoms with Crippen molar-refractivity contribution in [1.29, 1.82) is 0 Å². The summed E-state index contributed by atoms with van der Waals surface area (Å²) in [6, 6.07) is 0.0494. The van der Waals surface area contributed by atoms with Crippen LogP contribution in [-0.4, -0.2) is 67.3 Å². The Morgan fingerprint density at radius 2 is 1.74 bits per heavy atom. The van der Waals surface area contributed by atoms with E-state index in [0.29, 0.717) is 32.8 Å². The van der Waals surface area contributed by atoms with E-state index in [4.69, 9.17) is 4.74 Å².